The molecule has 0 fully saturated rings. The molecule has 0 aliphatic carbocycles. The van der Waals surface area contributed by atoms with E-state index in [4.69, 9.17) is 20.8 Å². The van der Waals surface area contributed by atoms with Crippen LogP contribution in [0.4, 0.5) is 4.79 Å². The first-order chi connectivity index (χ1) is 8.63. The molecule has 5 nitrogen and oxygen atoms in total. The fraction of sp³-hybridized carbons (Fsp3) is 0.333. The lowest BCUT2D eigenvalue weighted by molar-refractivity contribution is 0.145. The molecule has 0 aliphatic rings. The van der Waals surface area contributed by atoms with Gasteiger partial charge in [0.15, 0.2) is 5.58 Å². The fourth-order valence-corrected chi connectivity index (χ4v) is 1.70. The van der Waals surface area contributed by atoms with Crippen LogP contribution in [-0.2, 0) is 4.74 Å². The van der Waals surface area contributed by atoms with Crippen LogP contribution in [0.15, 0.2) is 27.4 Å². The molecule has 0 spiro atoms. The summed E-state index contributed by atoms with van der Waals surface area (Å²) in [5.41, 5.74) is 0.617. The average molecular weight is 270 g/mol. The highest BCUT2D eigenvalue weighted by Crippen LogP contribution is 2.18. The zero-order valence-corrected chi connectivity index (χ0v) is 10.6. The van der Waals surface area contributed by atoms with Gasteiger partial charge in [0.05, 0.1) is 6.61 Å². The second-order valence-electron chi connectivity index (χ2n) is 3.78. The van der Waals surface area contributed by atoms with Crippen LogP contribution in [0.5, 0.6) is 0 Å². The zero-order chi connectivity index (χ0) is 13.1. The number of carbonyl (C=O) groups excluding carboxylic acids is 1. The van der Waals surface area contributed by atoms with E-state index in [0.717, 1.165) is 17.4 Å². The Morgan fingerprint density at radius 3 is 3.00 bits per heavy atom. The van der Waals surface area contributed by atoms with Crippen molar-refractivity contribution < 1.29 is 13.9 Å². The van der Waals surface area contributed by atoms with Gasteiger partial charge in [-0.2, -0.15) is 4.57 Å². The van der Waals surface area contributed by atoms with E-state index < -0.39 is 11.8 Å². The van der Waals surface area contributed by atoms with Crippen LogP contribution in [0.25, 0.3) is 11.1 Å². The van der Waals surface area contributed by atoms with E-state index >= 15 is 0 Å². The van der Waals surface area contributed by atoms with Crippen molar-refractivity contribution in [2.45, 2.75) is 19.8 Å². The highest BCUT2D eigenvalue weighted by Gasteiger charge is 2.17. The lowest BCUT2D eigenvalue weighted by atomic mass is 10.3. The Balaban J connectivity index is 2.35. The third kappa shape index (κ3) is 2.41. The molecule has 1 heterocycles. The number of ether oxygens (including phenoxy) is 1. The van der Waals surface area contributed by atoms with Crippen LogP contribution >= 0.6 is 11.6 Å². The second kappa shape index (κ2) is 5.27. The van der Waals surface area contributed by atoms with Crippen molar-refractivity contribution in [3.63, 3.8) is 0 Å². The highest BCUT2D eigenvalue weighted by molar-refractivity contribution is 6.31. The monoisotopic (exact) mass is 269 g/mol. The van der Waals surface area contributed by atoms with E-state index in [0.29, 0.717) is 10.5 Å². The molecule has 0 atom stereocenters. The molecule has 0 saturated carbocycles. The van der Waals surface area contributed by atoms with Crippen LogP contribution in [0.3, 0.4) is 0 Å². The van der Waals surface area contributed by atoms with Crippen molar-refractivity contribution in [1.29, 1.82) is 0 Å². The number of unbranched alkanes of at least 4 members (excludes halogenated alkanes) is 1. The summed E-state index contributed by atoms with van der Waals surface area (Å²) in [6.45, 7) is 2.26. The van der Waals surface area contributed by atoms with Gasteiger partial charge < -0.3 is 9.15 Å². The number of benzene rings is 1. The van der Waals surface area contributed by atoms with E-state index in [1.54, 1.807) is 12.1 Å². The Morgan fingerprint density at radius 1 is 1.50 bits per heavy atom. The molecule has 6 heteroatoms. The first kappa shape index (κ1) is 12.7. The van der Waals surface area contributed by atoms with Gasteiger partial charge in [-0.3, -0.25) is 0 Å². The molecule has 1 aromatic carbocycles. The molecule has 2 aromatic rings. The van der Waals surface area contributed by atoms with Gasteiger partial charge in [-0.25, -0.2) is 9.59 Å². The van der Waals surface area contributed by atoms with Crippen LogP contribution in [0.2, 0.25) is 5.02 Å². The van der Waals surface area contributed by atoms with Gasteiger partial charge in [0.25, 0.3) is 0 Å². The summed E-state index contributed by atoms with van der Waals surface area (Å²) >= 11 is 5.77. The lowest BCUT2D eigenvalue weighted by Gasteiger charge is -2.03. The summed E-state index contributed by atoms with van der Waals surface area (Å²) in [6, 6.07) is 4.60. The highest BCUT2D eigenvalue weighted by atomic mass is 35.5. The molecule has 0 saturated heterocycles. The molecule has 2 rings (SSSR count). The Hall–Kier alpha value is -1.75. The Labute approximate surface area is 108 Å². The second-order valence-corrected chi connectivity index (χ2v) is 4.22. The molecule has 1 aromatic heterocycles. The van der Waals surface area contributed by atoms with E-state index in [-0.39, 0.29) is 12.2 Å². The molecule has 96 valence electrons. The van der Waals surface area contributed by atoms with Gasteiger partial charge in [0, 0.05) is 11.1 Å². The lowest BCUT2D eigenvalue weighted by Crippen LogP contribution is -2.24. The SMILES string of the molecule is CCCCOC(=O)n1c(=O)oc2cc(Cl)ccc21. The molecule has 0 unspecified atom stereocenters. The zero-order valence-electron chi connectivity index (χ0n) is 9.81. The summed E-state index contributed by atoms with van der Waals surface area (Å²) in [5.74, 6) is -0.770. The van der Waals surface area contributed by atoms with Crippen LogP contribution in [-0.4, -0.2) is 17.3 Å². The number of aromatic nitrogens is 1. The third-order valence-electron chi connectivity index (χ3n) is 2.45. The summed E-state index contributed by atoms with van der Waals surface area (Å²) in [4.78, 5) is 23.3. The smallest absolute Gasteiger partial charge is 0.429 e. The van der Waals surface area contributed by atoms with Gasteiger partial charge in [-0.15, -0.1) is 0 Å². The molecular formula is C12H12ClNO4. The van der Waals surface area contributed by atoms with Crippen LogP contribution < -0.4 is 5.76 Å². The molecule has 18 heavy (non-hydrogen) atoms. The minimum Gasteiger partial charge on any atom is -0.449 e. The minimum atomic E-state index is -0.770. The maximum absolute atomic E-state index is 11.7. The number of rotatable bonds is 3. The molecule has 0 amide bonds. The van der Waals surface area contributed by atoms with Gasteiger partial charge in [0.2, 0.25) is 0 Å². The molecular weight excluding hydrogens is 258 g/mol. The number of halogens is 1. The van der Waals surface area contributed by atoms with Gasteiger partial charge in [0.1, 0.15) is 5.52 Å². The van der Waals surface area contributed by atoms with Crippen LogP contribution in [0.1, 0.15) is 19.8 Å². The minimum absolute atomic E-state index is 0.264. The van der Waals surface area contributed by atoms with Gasteiger partial charge >= 0.3 is 11.8 Å². The fourth-order valence-electron chi connectivity index (χ4n) is 1.53. The number of hydrogen-bond acceptors (Lipinski definition) is 4. The van der Waals surface area contributed by atoms with Crippen molar-refractivity contribution >= 4 is 28.8 Å². The Bertz CT molecular complexity index is 629. The normalized spacial score (nSPS) is 10.8. The number of carbonyl (C=O) groups is 1. The van der Waals surface area contributed by atoms with Crippen molar-refractivity contribution in [3.8, 4) is 0 Å². The predicted octanol–water partition coefficient (Wildman–Crippen LogP) is 3.03. The maximum Gasteiger partial charge on any atom is 0.429 e. The van der Waals surface area contributed by atoms with E-state index in [9.17, 15) is 9.59 Å². The van der Waals surface area contributed by atoms with E-state index in [1.807, 2.05) is 6.92 Å². The first-order valence-electron chi connectivity index (χ1n) is 5.61. The van der Waals surface area contributed by atoms with Crippen LogP contribution in [0, 0.1) is 0 Å². The Kier molecular flexibility index (Phi) is 3.72. The quantitative estimate of drug-likeness (QED) is 0.804. The summed E-state index contributed by atoms with van der Waals surface area (Å²) < 4.78 is 10.8. The van der Waals surface area contributed by atoms with Crippen molar-refractivity contribution in [2.75, 3.05) is 6.61 Å². The average Bonchev–Trinajstić information content (AvgIpc) is 2.64. The first-order valence-corrected chi connectivity index (χ1v) is 5.99. The largest absolute Gasteiger partial charge is 0.449 e. The van der Waals surface area contributed by atoms with Crippen molar-refractivity contribution in [1.82, 2.24) is 4.57 Å². The van der Waals surface area contributed by atoms with E-state index in [1.165, 1.54) is 6.07 Å². The van der Waals surface area contributed by atoms with Crippen molar-refractivity contribution in [3.05, 3.63) is 33.8 Å². The summed E-state index contributed by atoms with van der Waals surface area (Å²) in [6.07, 6.45) is 0.931. The predicted molar refractivity (Wildman–Crippen MR) is 67.1 cm³/mol. The van der Waals surface area contributed by atoms with Gasteiger partial charge in [-0.05, 0) is 18.6 Å². The molecule has 0 radical (unpaired) electrons. The molecule has 0 aliphatic heterocycles. The standard InChI is InChI=1S/C12H12ClNO4/c1-2-3-6-17-11(15)14-9-5-4-8(13)7-10(9)18-12(14)16/h4-5,7H,2-3,6H2,1H3. The molecule has 0 bridgehead atoms. The van der Waals surface area contributed by atoms with Crippen molar-refractivity contribution in [2.24, 2.45) is 0 Å². The third-order valence-corrected chi connectivity index (χ3v) is 2.68. The number of nitrogens with zero attached hydrogens (tertiary/aromatic N) is 1. The summed E-state index contributed by atoms with van der Waals surface area (Å²) in [7, 11) is 0. The molecule has 0 N–H and O–H groups in total. The Morgan fingerprint density at radius 2 is 2.28 bits per heavy atom. The number of oxazole rings is 1. The topological polar surface area (TPSA) is 61.4 Å². The van der Waals surface area contributed by atoms with Gasteiger partial charge in [-0.1, -0.05) is 24.9 Å². The maximum atomic E-state index is 11.7. The van der Waals surface area contributed by atoms with E-state index in [2.05, 4.69) is 0 Å². The summed E-state index contributed by atoms with van der Waals surface area (Å²) in [5, 5.41) is 0.433. The number of fused-ring (bicyclic) bond motifs is 1. The number of hydrogen-bond donors (Lipinski definition) is 0.